The van der Waals surface area contributed by atoms with Crippen molar-refractivity contribution in [3.8, 4) is 0 Å². The Kier molecular flexibility index (Phi) is 2.88. The Labute approximate surface area is 101 Å². The van der Waals surface area contributed by atoms with Crippen molar-refractivity contribution in [3.05, 3.63) is 0 Å². The van der Waals surface area contributed by atoms with E-state index >= 15 is 0 Å². The molecule has 1 amide bonds. The molecule has 0 radical (unpaired) electrons. The third kappa shape index (κ3) is 1.86. The highest BCUT2D eigenvalue weighted by Crippen LogP contribution is 2.56. The lowest BCUT2D eigenvalue weighted by Gasteiger charge is -2.54. The molecule has 0 saturated heterocycles. The van der Waals surface area contributed by atoms with Crippen molar-refractivity contribution in [2.75, 3.05) is 5.75 Å². The van der Waals surface area contributed by atoms with Crippen LogP contribution in [-0.4, -0.2) is 16.9 Å². The van der Waals surface area contributed by atoms with E-state index in [1.807, 2.05) is 11.8 Å². The Morgan fingerprint density at radius 1 is 1.12 bits per heavy atom. The highest BCUT2D eigenvalue weighted by molar-refractivity contribution is 8.00. The summed E-state index contributed by atoms with van der Waals surface area (Å²) < 4.78 is 0. The molecule has 0 aromatic rings. The zero-order valence-corrected chi connectivity index (χ0v) is 10.3. The van der Waals surface area contributed by atoms with E-state index in [2.05, 4.69) is 5.43 Å². The summed E-state index contributed by atoms with van der Waals surface area (Å²) in [5.41, 5.74) is 2.23. The van der Waals surface area contributed by atoms with Gasteiger partial charge in [0.15, 0.2) is 0 Å². The van der Waals surface area contributed by atoms with Gasteiger partial charge in [0.2, 0.25) is 5.91 Å². The number of nitrogens with two attached hydrogens (primary N) is 1. The number of amides is 1. The van der Waals surface area contributed by atoms with Gasteiger partial charge in [-0.25, -0.2) is 5.84 Å². The molecule has 0 unspecified atom stereocenters. The second-order valence-electron chi connectivity index (χ2n) is 5.77. The molecule has 0 aliphatic heterocycles. The Bertz CT molecular complexity index is 267. The normalized spacial score (nSPS) is 44.7. The molecule has 0 aromatic carbocycles. The van der Waals surface area contributed by atoms with Gasteiger partial charge in [-0.05, 0) is 55.8 Å². The first-order valence-electron chi connectivity index (χ1n) is 6.37. The number of carbonyl (C=O) groups excluding carboxylic acids is 1. The lowest BCUT2D eigenvalue weighted by molar-refractivity contribution is -0.118. The third-order valence-electron chi connectivity index (χ3n) is 4.71. The molecule has 90 valence electrons. The molecule has 4 aliphatic carbocycles. The van der Waals surface area contributed by atoms with E-state index in [0.717, 1.165) is 28.9 Å². The summed E-state index contributed by atoms with van der Waals surface area (Å²) >= 11 is 1.85. The monoisotopic (exact) mass is 240 g/mol. The standard InChI is InChI=1S/C12H20N2OS/c13-14-11(15)6-16-12-9-2-7-1-8(4-9)5-10(12)3-7/h7-10,12H,1-6,13H2,(H,14,15). The molecule has 4 rings (SSSR count). The van der Waals surface area contributed by atoms with Crippen LogP contribution in [0.4, 0.5) is 0 Å². The highest BCUT2D eigenvalue weighted by Gasteiger charge is 2.48. The minimum absolute atomic E-state index is 0.0289. The van der Waals surface area contributed by atoms with Crippen molar-refractivity contribution in [2.45, 2.75) is 37.4 Å². The van der Waals surface area contributed by atoms with Gasteiger partial charge in [0, 0.05) is 5.25 Å². The minimum Gasteiger partial charge on any atom is -0.294 e. The molecule has 0 atom stereocenters. The largest absolute Gasteiger partial charge is 0.294 e. The first-order chi connectivity index (χ1) is 7.76. The summed E-state index contributed by atoms with van der Waals surface area (Å²) in [6.07, 6.45) is 7.20. The lowest BCUT2D eigenvalue weighted by Crippen LogP contribution is -2.47. The topological polar surface area (TPSA) is 55.1 Å². The van der Waals surface area contributed by atoms with Crippen molar-refractivity contribution in [3.63, 3.8) is 0 Å². The summed E-state index contributed by atoms with van der Waals surface area (Å²) in [6, 6.07) is 0. The van der Waals surface area contributed by atoms with E-state index in [4.69, 9.17) is 5.84 Å². The molecule has 4 heteroatoms. The Morgan fingerprint density at radius 3 is 2.19 bits per heavy atom. The van der Waals surface area contributed by atoms with Gasteiger partial charge in [-0.3, -0.25) is 10.2 Å². The predicted octanol–water partition coefficient (Wildman–Crippen LogP) is 1.53. The number of rotatable bonds is 3. The van der Waals surface area contributed by atoms with Gasteiger partial charge in [0.1, 0.15) is 0 Å². The average Bonchev–Trinajstić information content (AvgIpc) is 2.26. The van der Waals surface area contributed by atoms with Gasteiger partial charge in [-0.15, -0.1) is 11.8 Å². The Balaban J connectivity index is 1.61. The van der Waals surface area contributed by atoms with E-state index in [1.165, 1.54) is 32.1 Å². The van der Waals surface area contributed by atoms with Gasteiger partial charge in [0.25, 0.3) is 0 Å². The van der Waals surface area contributed by atoms with Crippen LogP contribution in [-0.2, 0) is 4.79 Å². The van der Waals surface area contributed by atoms with Crippen molar-refractivity contribution >= 4 is 17.7 Å². The van der Waals surface area contributed by atoms with Gasteiger partial charge in [-0.1, -0.05) is 0 Å². The number of hydrogen-bond donors (Lipinski definition) is 2. The van der Waals surface area contributed by atoms with Crippen LogP contribution in [0.1, 0.15) is 32.1 Å². The van der Waals surface area contributed by atoms with E-state index in [0.29, 0.717) is 5.75 Å². The van der Waals surface area contributed by atoms with Gasteiger partial charge in [0.05, 0.1) is 5.75 Å². The number of nitrogens with one attached hydrogen (secondary N) is 1. The maximum Gasteiger partial charge on any atom is 0.243 e. The van der Waals surface area contributed by atoms with Gasteiger partial charge >= 0.3 is 0 Å². The van der Waals surface area contributed by atoms with Gasteiger partial charge in [-0.2, -0.15) is 0 Å². The molecule has 4 bridgehead atoms. The second kappa shape index (κ2) is 4.22. The van der Waals surface area contributed by atoms with Crippen molar-refractivity contribution in [1.82, 2.24) is 5.43 Å². The fourth-order valence-corrected chi connectivity index (χ4v) is 5.78. The maximum absolute atomic E-state index is 11.2. The summed E-state index contributed by atoms with van der Waals surface area (Å²) in [5.74, 6) is 9.46. The average molecular weight is 240 g/mol. The number of hydrogen-bond acceptors (Lipinski definition) is 3. The number of carbonyl (C=O) groups is 1. The summed E-state index contributed by atoms with van der Waals surface area (Å²) in [5, 5.41) is 0.741. The van der Waals surface area contributed by atoms with Crippen LogP contribution in [0.5, 0.6) is 0 Å². The molecular weight excluding hydrogens is 220 g/mol. The smallest absolute Gasteiger partial charge is 0.243 e. The van der Waals surface area contributed by atoms with Crippen molar-refractivity contribution < 1.29 is 4.79 Å². The van der Waals surface area contributed by atoms with E-state index in [-0.39, 0.29) is 5.91 Å². The molecule has 0 spiro atoms. The van der Waals surface area contributed by atoms with Crippen molar-refractivity contribution in [1.29, 1.82) is 0 Å². The van der Waals surface area contributed by atoms with E-state index < -0.39 is 0 Å². The summed E-state index contributed by atoms with van der Waals surface area (Å²) in [7, 11) is 0. The molecule has 0 aromatic heterocycles. The number of hydrazine groups is 1. The first kappa shape index (κ1) is 10.9. The molecule has 4 fully saturated rings. The molecule has 4 aliphatic rings. The van der Waals surface area contributed by atoms with Crippen LogP contribution >= 0.6 is 11.8 Å². The predicted molar refractivity (Wildman–Crippen MR) is 65.6 cm³/mol. The van der Waals surface area contributed by atoms with E-state index in [9.17, 15) is 4.79 Å². The molecule has 4 saturated carbocycles. The zero-order valence-electron chi connectivity index (χ0n) is 9.52. The quantitative estimate of drug-likeness (QED) is 0.447. The fraction of sp³-hybridized carbons (Fsp3) is 0.917. The molecule has 0 heterocycles. The SMILES string of the molecule is NNC(=O)CSC1C2CC3CC(C2)CC1C3. The number of thioether (sulfide) groups is 1. The molecule has 16 heavy (non-hydrogen) atoms. The summed E-state index contributed by atoms with van der Waals surface area (Å²) in [6.45, 7) is 0. The Hall–Kier alpha value is -0.220. The van der Waals surface area contributed by atoms with Crippen molar-refractivity contribution in [2.24, 2.45) is 29.5 Å². The molecule has 3 nitrogen and oxygen atoms in total. The van der Waals surface area contributed by atoms with Gasteiger partial charge < -0.3 is 0 Å². The minimum atomic E-state index is -0.0289. The Morgan fingerprint density at radius 2 is 1.69 bits per heavy atom. The van der Waals surface area contributed by atoms with Crippen LogP contribution < -0.4 is 11.3 Å². The summed E-state index contributed by atoms with van der Waals surface area (Å²) in [4.78, 5) is 11.2. The highest BCUT2D eigenvalue weighted by atomic mass is 32.2. The van der Waals surface area contributed by atoms with Crippen LogP contribution in [0.3, 0.4) is 0 Å². The second-order valence-corrected chi connectivity index (χ2v) is 6.94. The fourth-order valence-electron chi connectivity index (χ4n) is 4.36. The molecular formula is C12H20N2OS. The zero-order chi connectivity index (χ0) is 11.1. The maximum atomic E-state index is 11.2. The van der Waals surface area contributed by atoms with E-state index in [1.54, 1.807) is 0 Å². The lowest BCUT2D eigenvalue weighted by atomic mass is 9.56. The first-order valence-corrected chi connectivity index (χ1v) is 7.42. The van der Waals surface area contributed by atoms with Crippen LogP contribution in [0.25, 0.3) is 0 Å². The van der Waals surface area contributed by atoms with Crippen LogP contribution in [0.2, 0.25) is 0 Å². The third-order valence-corrected chi connectivity index (χ3v) is 6.29. The molecule has 3 N–H and O–H groups in total. The van der Waals surface area contributed by atoms with Crippen LogP contribution in [0.15, 0.2) is 0 Å². The van der Waals surface area contributed by atoms with Crippen LogP contribution in [0, 0.1) is 23.7 Å².